The molecule has 0 spiro atoms. The number of carbonyl (C=O) groups is 3. The van der Waals surface area contributed by atoms with E-state index in [1.807, 2.05) is 0 Å². The average molecular weight is 717 g/mol. The van der Waals surface area contributed by atoms with E-state index in [1.54, 1.807) is 0 Å². The molecule has 3 saturated heterocycles. The molecule has 0 bridgehead atoms. The van der Waals surface area contributed by atoms with Gasteiger partial charge in [0.2, 0.25) is 5.91 Å². The first-order valence-electron chi connectivity index (χ1n) is 15.6. The van der Waals surface area contributed by atoms with Crippen LogP contribution in [0.3, 0.4) is 0 Å². The van der Waals surface area contributed by atoms with Gasteiger partial charge in [0.15, 0.2) is 18.9 Å². The van der Waals surface area contributed by atoms with Gasteiger partial charge < -0.3 is 84.8 Å². The second kappa shape index (κ2) is 19.1. The number of ketones is 2. The van der Waals surface area contributed by atoms with Gasteiger partial charge in [0.25, 0.3) is 0 Å². The second-order valence-electron chi connectivity index (χ2n) is 12.1. The Morgan fingerprint density at radius 2 is 1.10 bits per heavy atom. The number of rotatable bonds is 17. The molecule has 0 aliphatic carbocycles. The molecule has 21 heteroatoms. The predicted molar refractivity (Wildman–Crippen MR) is 156 cm³/mol. The molecule has 11 N–H and O–H groups in total. The lowest BCUT2D eigenvalue weighted by molar-refractivity contribution is -0.366. The maximum atomic E-state index is 12.4. The Labute approximate surface area is 280 Å². The van der Waals surface area contributed by atoms with E-state index in [4.69, 9.17) is 28.4 Å². The molecule has 0 aromatic carbocycles. The molecule has 3 aliphatic rings. The van der Waals surface area contributed by atoms with Crippen molar-refractivity contribution in [2.75, 3.05) is 52.6 Å². The molecule has 0 aromatic rings. The lowest BCUT2D eigenvalue weighted by Gasteiger charge is -2.46. The molecule has 0 saturated carbocycles. The van der Waals surface area contributed by atoms with Crippen LogP contribution in [0.15, 0.2) is 0 Å². The molecule has 0 aromatic heterocycles. The summed E-state index contributed by atoms with van der Waals surface area (Å²) in [5.41, 5.74) is 0. The third-order valence-electron chi connectivity index (χ3n) is 8.02. The van der Waals surface area contributed by atoms with Gasteiger partial charge in [-0.1, -0.05) is 0 Å². The van der Waals surface area contributed by atoms with E-state index in [2.05, 4.69) is 5.32 Å². The van der Waals surface area contributed by atoms with Crippen LogP contribution in [0.1, 0.15) is 13.8 Å². The highest BCUT2D eigenvalue weighted by atomic mass is 16.7. The maximum Gasteiger partial charge on any atom is 0.234 e. The van der Waals surface area contributed by atoms with E-state index in [0.29, 0.717) is 0 Å². The highest BCUT2D eigenvalue weighted by Crippen LogP contribution is 2.31. The third kappa shape index (κ3) is 11.1. The summed E-state index contributed by atoms with van der Waals surface area (Å²) in [7, 11) is 0. The van der Waals surface area contributed by atoms with Crippen LogP contribution in [0.4, 0.5) is 0 Å². The summed E-state index contributed by atoms with van der Waals surface area (Å²) in [5.74, 6) is -1.07. The van der Waals surface area contributed by atoms with Gasteiger partial charge >= 0.3 is 0 Å². The molecule has 3 rings (SSSR count). The monoisotopic (exact) mass is 716 g/mol. The van der Waals surface area contributed by atoms with Gasteiger partial charge in [0, 0.05) is 6.54 Å². The Morgan fingerprint density at radius 3 is 1.63 bits per heavy atom. The number of aliphatic hydroxyl groups is 10. The topological polar surface area (TPSA) is 324 Å². The predicted octanol–water partition coefficient (Wildman–Crippen LogP) is -7.95. The minimum absolute atomic E-state index is 0.129. The largest absolute Gasteiger partial charge is 0.394 e. The van der Waals surface area contributed by atoms with E-state index >= 15 is 0 Å². The maximum absolute atomic E-state index is 12.4. The second-order valence-corrected chi connectivity index (χ2v) is 12.1. The van der Waals surface area contributed by atoms with Gasteiger partial charge in [-0.2, -0.15) is 0 Å². The first-order valence-corrected chi connectivity index (χ1v) is 15.6. The van der Waals surface area contributed by atoms with Gasteiger partial charge in [0.1, 0.15) is 84.8 Å². The Bertz CT molecular complexity index is 1050. The Balaban J connectivity index is 1.69. The number of aliphatic hydroxyl groups excluding tert-OH is 10. The molecule has 3 aliphatic heterocycles. The van der Waals surface area contributed by atoms with E-state index < -0.39 is 118 Å². The minimum Gasteiger partial charge on any atom is -0.394 e. The number of carbonyl (C=O) groups excluding carboxylic acids is 3. The Kier molecular flexibility index (Phi) is 16.2. The number of hydrogen-bond donors (Lipinski definition) is 11. The van der Waals surface area contributed by atoms with Crippen LogP contribution in [0.2, 0.25) is 0 Å². The lowest BCUT2D eigenvalue weighted by atomic mass is 9.96. The van der Waals surface area contributed by atoms with Crippen LogP contribution >= 0.6 is 0 Å². The standard InChI is InChI=1S/C28H48N2O19/c1-11(33)5-30(6-12(2)34)7-16(35)29-3-4-44-27-24(43)25(49-28-23(42)21(40)18(37)14(9-32)47-28)19(38)15(48-27)10-45-26-22(41)20(39)17(36)13(8-31)46-26/h13-15,17-28,31-32,36-43H,3-10H2,1-2H3,(H,29,35)/t13-,14-,15-,17-,18-,19-,20+,21+,22+,23+,24-,25+,26+,27-,28-/m1/s1. The highest BCUT2D eigenvalue weighted by Gasteiger charge is 2.52. The van der Waals surface area contributed by atoms with Gasteiger partial charge in [0.05, 0.1) is 46.1 Å². The molecule has 0 radical (unpaired) electrons. The summed E-state index contributed by atoms with van der Waals surface area (Å²) in [6, 6.07) is 0. The van der Waals surface area contributed by atoms with Gasteiger partial charge in [-0.05, 0) is 13.8 Å². The molecule has 0 unspecified atom stereocenters. The van der Waals surface area contributed by atoms with Crippen LogP contribution in [-0.2, 0) is 42.8 Å². The van der Waals surface area contributed by atoms with Crippen molar-refractivity contribution < 1.29 is 93.9 Å². The summed E-state index contributed by atoms with van der Waals surface area (Å²) in [5, 5.41) is 105. The molecular weight excluding hydrogens is 668 g/mol. The molecule has 49 heavy (non-hydrogen) atoms. The van der Waals surface area contributed by atoms with E-state index in [-0.39, 0.29) is 44.4 Å². The fraction of sp³-hybridized carbons (Fsp3) is 0.893. The number of amides is 1. The van der Waals surface area contributed by atoms with Crippen molar-refractivity contribution in [2.45, 2.75) is 106 Å². The van der Waals surface area contributed by atoms with Crippen LogP contribution in [0.5, 0.6) is 0 Å². The van der Waals surface area contributed by atoms with Crippen LogP contribution in [0, 0.1) is 0 Å². The quantitative estimate of drug-likeness (QED) is 0.0623. The molecule has 1 amide bonds. The van der Waals surface area contributed by atoms with E-state index in [0.717, 1.165) is 0 Å². The van der Waals surface area contributed by atoms with Crippen molar-refractivity contribution in [3.63, 3.8) is 0 Å². The first-order chi connectivity index (χ1) is 23.1. The van der Waals surface area contributed by atoms with Gasteiger partial charge in [-0.3, -0.25) is 19.3 Å². The van der Waals surface area contributed by atoms with Crippen molar-refractivity contribution in [3.05, 3.63) is 0 Å². The van der Waals surface area contributed by atoms with Gasteiger partial charge in [-0.15, -0.1) is 0 Å². The summed E-state index contributed by atoms with van der Waals surface area (Å²) >= 11 is 0. The number of hydrogen-bond acceptors (Lipinski definition) is 20. The van der Waals surface area contributed by atoms with Gasteiger partial charge in [-0.25, -0.2) is 0 Å². The molecule has 15 atom stereocenters. The van der Waals surface area contributed by atoms with E-state index in [9.17, 15) is 65.4 Å². The van der Waals surface area contributed by atoms with Crippen molar-refractivity contribution in [1.29, 1.82) is 0 Å². The zero-order valence-corrected chi connectivity index (χ0v) is 26.9. The smallest absolute Gasteiger partial charge is 0.234 e. The van der Waals surface area contributed by atoms with E-state index in [1.165, 1.54) is 18.7 Å². The summed E-state index contributed by atoms with van der Waals surface area (Å²) < 4.78 is 33.0. The first kappa shape index (κ1) is 41.5. The van der Waals surface area contributed by atoms with Crippen molar-refractivity contribution in [1.82, 2.24) is 10.2 Å². The van der Waals surface area contributed by atoms with Crippen molar-refractivity contribution in [3.8, 4) is 0 Å². The highest BCUT2D eigenvalue weighted by molar-refractivity contribution is 5.83. The fourth-order valence-corrected chi connectivity index (χ4v) is 5.49. The van der Waals surface area contributed by atoms with Crippen molar-refractivity contribution >= 4 is 17.5 Å². The van der Waals surface area contributed by atoms with Crippen LogP contribution < -0.4 is 5.32 Å². The molecule has 21 nitrogen and oxygen atoms in total. The SMILES string of the molecule is CC(=O)CN(CC(C)=O)CC(=O)NCCO[C@@H]1O[C@H](CO[C@H]2O[C@H](CO)[C@@H](O)[C@H](O)[C@@H]2O)[C@@H](O)[C@H](O[C@H]2O[C@H](CO)[C@@H](O)[C@H](O)[C@@H]2O)[C@H]1O. The Morgan fingerprint density at radius 1 is 0.612 bits per heavy atom. The zero-order chi connectivity index (χ0) is 36.6. The Hall–Kier alpha value is -1.87. The number of nitrogens with zero attached hydrogens (tertiary/aromatic N) is 1. The number of ether oxygens (including phenoxy) is 6. The van der Waals surface area contributed by atoms with Crippen LogP contribution in [-0.4, -0.2) is 218 Å². The average Bonchev–Trinajstić information content (AvgIpc) is 3.04. The zero-order valence-electron chi connectivity index (χ0n) is 26.9. The normalized spacial score (nSPS) is 39.9. The number of Topliss-reactive ketones (excluding diaryl/α,β-unsaturated/α-hetero) is 2. The summed E-state index contributed by atoms with van der Waals surface area (Å²) in [6.45, 7) is -0.576. The summed E-state index contributed by atoms with van der Waals surface area (Å²) in [6.07, 6.45) is -25.4. The number of nitrogens with one attached hydrogen (secondary N) is 1. The molecule has 3 fully saturated rings. The molecular formula is C28H48N2O19. The lowest BCUT2D eigenvalue weighted by Crippen LogP contribution is -2.65. The fourth-order valence-electron chi connectivity index (χ4n) is 5.49. The van der Waals surface area contributed by atoms with Crippen molar-refractivity contribution in [2.24, 2.45) is 0 Å². The molecule has 3 heterocycles. The third-order valence-corrected chi connectivity index (χ3v) is 8.02. The summed E-state index contributed by atoms with van der Waals surface area (Å²) in [4.78, 5) is 36.7. The van der Waals surface area contributed by atoms with Crippen LogP contribution in [0.25, 0.3) is 0 Å². The minimum atomic E-state index is -1.91. The molecule has 284 valence electrons.